The van der Waals surface area contributed by atoms with Crippen LogP contribution in [0.3, 0.4) is 0 Å². The minimum atomic E-state index is 0.0431. The first-order valence-electron chi connectivity index (χ1n) is 6.53. The van der Waals surface area contributed by atoms with Crippen LogP contribution in [-0.2, 0) is 0 Å². The zero-order valence-electron chi connectivity index (χ0n) is 11.0. The van der Waals surface area contributed by atoms with Crippen LogP contribution in [0.15, 0.2) is 54.6 Å². The largest absolute Gasteiger partial charge is 0.457 e. The molecule has 4 heteroatoms. The summed E-state index contributed by atoms with van der Waals surface area (Å²) < 4.78 is 5.84. The molecule has 1 aliphatic rings. The van der Waals surface area contributed by atoms with Gasteiger partial charge in [0.05, 0.1) is 11.4 Å². The lowest BCUT2D eigenvalue weighted by atomic mass is 10.1. The molecule has 1 aliphatic heterocycles. The molecule has 1 fully saturated rings. The van der Waals surface area contributed by atoms with Gasteiger partial charge in [0.25, 0.3) is 5.91 Å². The standard InChI is InChI=1S/C16H15NO2S/c18-16(17-10-11-20-12-17)14-8-4-5-9-15(14)19-13-6-2-1-3-7-13/h1-9H,10-12H2. The Morgan fingerprint density at radius 3 is 2.55 bits per heavy atom. The third kappa shape index (κ3) is 2.80. The predicted octanol–water partition coefficient (Wildman–Crippen LogP) is 3.63. The van der Waals surface area contributed by atoms with Crippen LogP contribution in [0.25, 0.3) is 0 Å². The fraction of sp³-hybridized carbons (Fsp3) is 0.188. The van der Waals surface area contributed by atoms with Gasteiger partial charge in [0.2, 0.25) is 0 Å². The van der Waals surface area contributed by atoms with Gasteiger partial charge < -0.3 is 9.64 Å². The molecule has 0 bridgehead atoms. The summed E-state index contributed by atoms with van der Waals surface area (Å²) in [5.41, 5.74) is 0.624. The Balaban J connectivity index is 1.86. The van der Waals surface area contributed by atoms with Gasteiger partial charge in [0.15, 0.2) is 0 Å². The van der Waals surface area contributed by atoms with Gasteiger partial charge in [-0.05, 0) is 24.3 Å². The summed E-state index contributed by atoms with van der Waals surface area (Å²) >= 11 is 1.78. The third-order valence-electron chi connectivity index (χ3n) is 3.13. The van der Waals surface area contributed by atoms with Gasteiger partial charge in [-0.15, -0.1) is 11.8 Å². The predicted molar refractivity (Wildman–Crippen MR) is 81.3 cm³/mol. The maximum atomic E-state index is 12.5. The van der Waals surface area contributed by atoms with Crippen LogP contribution >= 0.6 is 11.8 Å². The number of carbonyl (C=O) groups is 1. The molecule has 1 amide bonds. The normalized spacial score (nSPS) is 14.3. The molecule has 0 N–H and O–H groups in total. The van der Waals surface area contributed by atoms with Crippen LogP contribution in [0.2, 0.25) is 0 Å². The van der Waals surface area contributed by atoms with Crippen LogP contribution in [0, 0.1) is 0 Å². The highest BCUT2D eigenvalue weighted by molar-refractivity contribution is 7.99. The minimum Gasteiger partial charge on any atom is -0.457 e. The molecule has 20 heavy (non-hydrogen) atoms. The lowest BCUT2D eigenvalue weighted by molar-refractivity contribution is 0.0800. The topological polar surface area (TPSA) is 29.5 Å². The first-order chi connectivity index (χ1) is 9.84. The molecule has 3 rings (SSSR count). The maximum absolute atomic E-state index is 12.5. The van der Waals surface area contributed by atoms with Crippen LogP contribution in [0.1, 0.15) is 10.4 Å². The molecular formula is C16H15NO2S. The Hall–Kier alpha value is -1.94. The number of nitrogens with zero attached hydrogens (tertiary/aromatic N) is 1. The fourth-order valence-corrected chi connectivity index (χ4v) is 3.04. The molecule has 0 radical (unpaired) electrons. The molecule has 1 saturated heterocycles. The summed E-state index contributed by atoms with van der Waals surface area (Å²) in [7, 11) is 0. The Morgan fingerprint density at radius 1 is 1.05 bits per heavy atom. The summed E-state index contributed by atoms with van der Waals surface area (Å²) in [6.45, 7) is 0.809. The van der Waals surface area contributed by atoms with E-state index in [1.54, 1.807) is 11.8 Å². The number of thioether (sulfide) groups is 1. The van der Waals surface area contributed by atoms with E-state index in [-0.39, 0.29) is 5.91 Å². The summed E-state index contributed by atoms with van der Waals surface area (Å²) in [5.74, 6) is 3.16. The second kappa shape index (κ2) is 6.01. The lowest BCUT2D eigenvalue weighted by Gasteiger charge is -2.17. The highest BCUT2D eigenvalue weighted by Crippen LogP contribution is 2.27. The molecule has 102 valence electrons. The van der Waals surface area contributed by atoms with E-state index in [0.717, 1.165) is 23.9 Å². The van der Waals surface area contributed by atoms with E-state index in [0.29, 0.717) is 11.3 Å². The number of carbonyl (C=O) groups excluding carboxylic acids is 1. The van der Waals surface area contributed by atoms with E-state index in [1.807, 2.05) is 59.5 Å². The molecule has 0 saturated carbocycles. The van der Waals surface area contributed by atoms with E-state index in [2.05, 4.69) is 0 Å². The van der Waals surface area contributed by atoms with Gasteiger partial charge >= 0.3 is 0 Å². The van der Waals surface area contributed by atoms with E-state index in [9.17, 15) is 4.79 Å². The van der Waals surface area contributed by atoms with Crippen molar-refractivity contribution in [3.8, 4) is 11.5 Å². The van der Waals surface area contributed by atoms with Crippen LogP contribution in [0.5, 0.6) is 11.5 Å². The van der Waals surface area contributed by atoms with E-state index in [4.69, 9.17) is 4.74 Å². The third-order valence-corrected chi connectivity index (χ3v) is 4.09. The van der Waals surface area contributed by atoms with E-state index < -0.39 is 0 Å². The van der Waals surface area contributed by atoms with Gasteiger partial charge in [-0.2, -0.15) is 0 Å². The lowest BCUT2D eigenvalue weighted by Crippen LogP contribution is -2.28. The second-order valence-corrected chi connectivity index (χ2v) is 5.59. The monoisotopic (exact) mass is 285 g/mol. The smallest absolute Gasteiger partial charge is 0.258 e. The maximum Gasteiger partial charge on any atom is 0.258 e. The highest BCUT2D eigenvalue weighted by atomic mass is 32.2. The molecular weight excluding hydrogens is 270 g/mol. The van der Waals surface area contributed by atoms with Crippen molar-refractivity contribution in [2.45, 2.75) is 0 Å². The quantitative estimate of drug-likeness (QED) is 0.862. The molecule has 0 spiro atoms. The van der Waals surface area contributed by atoms with E-state index in [1.165, 1.54) is 0 Å². The number of para-hydroxylation sites is 2. The van der Waals surface area contributed by atoms with Crippen molar-refractivity contribution in [2.75, 3.05) is 18.2 Å². The summed E-state index contributed by atoms with van der Waals surface area (Å²) in [5, 5.41) is 0. The zero-order valence-corrected chi connectivity index (χ0v) is 11.8. The number of hydrogen-bond acceptors (Lipinski definition) is 3. The van der Waals surface area contributed by atoms with Crippen molar-refractivity contribution < 1.29 is 9.53 Å². The molecule has 1 heterocycles. The molecule has 0 aliphatic carbocycles. The Kier molecular flexibility index (Phi) is 3.92. The van der Waals surface area contributed by atoms with Gasteiger partial charge in [0, 0.05) is 12.3 Å². The number of ether oxygens (including phenoxy) is 1. The van der Waals surface area contributed by atoms with Crippen LogP contribution < -0.4 is 4.74 Å². The molecule has 3 nitrogen and oxygen atoms in total. The van der Waals surface area contributed by atoms with Gasteiger partial charge in [-0.1, -0.05) is 30.3 Å². The van der Waals surface area contributed by atoms with Gasteiger partial charge in [-0.25, -0.2) is 0 Å². The first-order valence-corrected chi connectivity index (χ1v) is 7.69. The van der Waals surface area contributed by atoms with E-state index >= 15 is 0 Å². The number of rotatable bonds is 3. The average Bonchev–Trinajstić information content (AvgIpc) is 3.02. The van der Waals surface area contributed by atoms with Crippen LogP contribution in [0.4, 0.5) is 0 Å². The number of hydrogen-bond donors (Lipinski definition) is 0. The van der Waals surface area contributed by atoms with Gasteiger partial charge in [-0.3, -0.25) is 4.79 Å². The highest BCUT2D eigenvalue weighted by Gasteiger charge is 2.22. The van der Waals surface area contributed by atoms with Crippen LogP contribution in [-0.4, -0.2) is 29.0 Å². The van der Waals surface area contributed by atoms with Crippen molar-refractivity contribution in [1.82, 2.24) is 4.90 Å². The molecule has 0 unspecified atom stereocenters. The Bertz CT molecular complexity index is 594. The van der Waals surface area contributed by atoms with Crippen molar-refractivity contribution >= 4 is 17.7 Å². The Labute approximate surface area is 122 Å². The summed E-state index contributed by atoms with van der Waals surface area (Å²) in [4.78, 5) is 14.3. The molecule has 2 aromatic rings. The van der Waals surface area contributed by atoms with Crippen molar-refractivity contribution in [3.05, 3.63) is 60.2 Å². The average molecular weight is 285 g/mol. The summed E-state index contributed by atoms with van der Waals surface area (Å²) in [6, 6.07) is 16.9. The first kappa shape index (κ1) is 13.1. The molecule has 0 aromatic heterocycles. The second-order valence-electron chi connectivity index (χ2n) is 4.52. The molecule has 2 aromatic carbocycles. The van der Waals surface area contributed by atoms with Crippen molar-refractivity contribution in [2.24, 2.45) is 0 Å². The zero-order chi connectivity index (χ0) is 13.8. The van der Waals surface area contributed by atoms with Crippen molar-refractivity contribution in [3.63, 3.8) is 0 Å². The Morgan fingerprint density at radius 2 is 1.80 bits per heavy atom. The van der Waals surface area contributed by atoms with Gasteiger partial charge in [0.1, 0.15) is 11.5 Å². The fourth-order valence-electron chi connectivity index (χ4n) is 2.09. The summed E-state index contributed by atoms with van der Waals surface area (Å²) in [6.07, 6.45) is 0. The number of benzene rings is 2. The van der Waals surface area contributed by atoms with Crippen molar-refractivity contribution in [1.29, 1.82) is 0 Å². The molecule has 0 atom stereocenters. The number of amides is 1. The minimum absolute atomic E-state index is 0.0431. The SMILES string of the molecule is O=C(c1ccccc1Oc1ccccc1)N1CCSC1.